The highest BCUT2D eigenvalue weighted by molar-refractivity contribution is 6.08. The summed E-state index contributed by atoms with van der Waals surface area (Å²) in [6.45, 7) is 0.433. The fourth-order valence-electron chi connectivity index (χ4n) is 4.90. The number of hydrogen-bond acceptors (Lipinski definition) is 8. The molecule has 2 aliphatic heterocycles. The van der Waals surface area contributed by atoms with Gasteiger partial charge in [0.2, 0.25) is 5.95 Å². The van der Waals surface area contributed by atoms with Crippen molar-refractivity contribution in [3.8, 4) is 0 Å². The molecule has 1 amide bonds. The fraction of sp³-hybridized carbons (Fsp3) is 0.455. The van der Waals surface area contributed by atoms with E-state index >= 15 is 0 Å². The molecule has 3 aliphatic rings. The molecule has 3 fully saturated rings. The summed E-state index contributed by atoms with van der Waals surface area (Å²) >= 11 is 0. The molecular weight excluding hydrogens is 462 g/mol. The zero-order valence-corrected chi connectivity index (χ0v) is 18.7. The topological polar surface area (TPSA) is 122 Å². The first-order valence-corrected chi connectivity index (χ1v) is 11.4. The highest BCUT2D eigenvalue weighted by atomic mass is 19.3. The second kappa shape index (κ2) is 7.55. The van der Waals surface area contributed by atoms with Gasteiger partial charge in [-0.2, -0.15) is 14.6 Å². The highest BCUT2D eigenvalue weighted by Crippen LogP contribution is 2.54. The number of nitrogens with zero attached hydrogens (tertiary/aromatic N) is 7. The summed E-state index contributed by atoms with van der Waals surface area (Å²) in [5.74, 6) is -3.04. The van der Waals surface area contributed by atoms with Gasteiger partial charge in [-0.05, 0) is 37.2 Å². The molecule has 0 bridgehead atoms. The Balaban J connectivity index is 1.30. The van der Waals surface area contributed by atoms with E-state index in [0.717, 1.165) is 25.9 Å². The number of nitrogens with one attached hydrogen (secondary N) is 1. The summed E-state index contributed by atoms with van der Waals surface area (Å²) in [4.78, 5) is 36.1. The molecule has 11 nitrogen and oxygen atoms in total. The second-order valence-corrected chi connectivity index (χ2v) is 9.58. The Bertz CT molecular complexity index is 1340. The molecule has 182 valence electrons. The number of nitro groups is 1. The number of carbonyl (C=O) groups excluding carboxylic acids is 1. The van der Waals surface area contributed by atoms with Crippen LogP contribution in [-0.4, -0.2) is 62.5 Å². The minimum absolute atomic E-state index is 0.0905. The number of nitro benzene ring substituents is 1. The number of carbonyl (C=O) groups is 1. The van der Waals surface area contributed by atoms with Crippen LogP contribution >= 0.6 is 0 Å². The van der Waals surface area contributed by atoms with E-state index in [2.05, 4.69) is 20.4 Å². The number of hydrogen-bond donors (Lipinski definition) is 1. The van der Waals surface area contributed by atoms with Crippen LogP contribution in [0.15, 0.2) is 30.6 Å². The van der Waals surface area contributed by atoms with Crippen molar-refractivity contribution >= 4 is 34.7 Å². The Labute approximate surface area is 197 Å². The lowest BCUT2D eigenvalue weighted by Gasteiger charge is -2.39. The van der Waals surface area contributed by atoms with Crippen LogP contribution in [0.5, 0.6) is 0 Å². The Morgan fingerprint density at radius 2 is 1.83 bits per heavy atom. The van der Waals surface area contributed by atoms with Crippen LogP contribution in [0.3, 0.4) is 0 Å². The molecule has 0 radical (unpaired) electrons. The maximum absolute atomic E-state index is 13.5. The Morgan fingerprint density at radius 1 is 1.09 bits per heavy atom. The minimum Gasteiger partial charge on any atom is -0.371 e. The summed E-state index contributed by atoms with van der Waals surface area (Å²) in [7, 11) is 0. The van der Waals surface area contributed by atoms with Gasteiger partial charge in [0.25, 0.3) is 17.5 Å². The molecule has 3 aromatic rings. The van der Waals surface area contributed by atoms with Crippen molar-refractivity contribution in [2.75, 3.05) is 41.3 Å². The first-order chi connectivity index (χ1) is 16.7. The van der Waals surface area contributed by atoms with Gasteiger partial charge in [-0.3, -0.25) is 14.9 Å². The molecule has 1 saturated carbocycles. The molecule has 0 unspecified atom stereocenters. The summed E-state index contributed by atoms with van der Waals surface area (Å²) in [6.07, 6.45) is 5.69. The Kier molecular flexibility index (Phi) is 4.66. The molecule has 1 spiro atoms. The molecule has 2 aromatic heterocycles. The van der Waals surface area contributed by atoms with E-state index in [9.17, 15) is 23.7 Å². The number of piperidine rings is 1. The van der Waals surface area contributed by atoms with E-state index in [1.54, 1.807) is 0 Å². The number of halogens is 2. The maximum atomic E-state index is 13.5. The number of aromatic nitrogens is 4. The van der Waals surface area contributed by atoms with Crippen molar-refractivity contribution in [1.29, 1.82) is 0 Å². The van der Waals surface area contributed by atoms with E-state index < -0.39 is 29.8 Å². The summed E-state index contributed by atoms with van der Waals surface area (Å²) < 4.78 is 28.3. The molecule has 0 atom stereocenters. The molecule has 13 heteroatoms. The lowest BCUT2D eigenvalue weighted by atomic mass is 9.93. The third kappa shape index (κ3) is 3.90. The minimum atomic E-state index is -2.81. The number of rotatable bonds is 5. The summed E-state index contributed by atoms with van der Waals surface area (Å²) in [6, 6.07) is 5.67. The molecule has 1 aliphatic carbocycles. The van der Waals surface area contributed by atoms with Crippen LogP contribution in [-0.2, 0) is 0 Å². The summed E-state index contributed by atoms with van der Waals surface area (Å²) in [5, 5.41) is 18.2. The van der Waals surface area contributed by atoms with Gasteiger partial charge in [0.1, 0.15) is 12.1 Å². The first kappa shape index (κ1) is 21.6. The molecule has 2 saturated heterocycles. The SMILES string of the molecule is O=C(Nc1cc2ncnn2c(N2CC(F)(F)C2)n1)c1ccc([N+](=O)[O-])cc1N1CCC2(CC1)CC2. The second-order valence-electron chi connectivity index (χ2n) is 9.58. The smallest absolute Gasteiger partial charge is 0.282 e. The van der Waals surface area contributed by atoms with Crippen LogP contribution in [0.2, 0.25) is 0 Å². The standard InChI is InChI=1S/C22H22F2N8O3/c23-22(24)11-30(12-22)20-28-17(10-18-25-13-26-31(18)20)27-19(33)15-2-1-14(32(34)35)9-16(15)29-7-5-21(3-4-21)6-8-29/h1-2,9-10,13H,3-8,11-12H2,(H,27,33). The quantitative estimate of drug-likeness (QED) is 0.433. The Morgan fingerprint density at radius 3 is 2.49 bits per heavy atom. The van der Waals surface area contributed by atoms with Gasteiger partial charge in [-0.1, -0.05) is 0 Å². The third-order valence-corrected chi connectivity index (χ3v) is 7.18. The highest BCUT2D eigenvalue weighted by Gasteiger charge is 2.46. The third-order valence-electron chi connectivity index (χ3n) is 7.18. The maximum Gasteiger partial charge on any atom is 0.282 e. The van der Waals surface area contributed by atoms with Crippen molar-refractivity contribution in [2.24, 2.45) is 5.41 Å². The van der Waals surface area contributed by atoms with Gasteiger partial charge in [0.15, 0.2) is 5.65 Å². The lowest BCUT2D eigenvalue weighted by molar-refractivity contribution is -0.384. The number of anilines is 3. The van der Waals surface area contributed by atoms with E-state index in [0.29, 0.717) is 16.7 Å². The van der Waals surface area contributed by atoms with Crippen molar-refractivity contribution in [3.63, 3.8) is 0 Å². The molecule has 4 heterocycles. The van der Waals surface area contributed by atoms with Crippen LogP contribution < -0.4 is 15.1 Å². The zero-order chi connectivity index (χ0) is 24.4. The van der Waals surface area contributed by atoms with Gasteiger partial charge in [0, 0.05) is 31.3 Å². The number of fused-ring (bicyclic) bond motifs is 1. The van der Waals surface area contributed by atoms with Crippen LogP contribution in [0.25, 0.3) is 5.65 Å². The Hall–Kier alpha value is -3.90. The summed E-state index contributed by atoms with van der Waals surface area (Å²) in [5.41, 5.74) is 1.43. The van der Waals surface area contributed by atoms with E-state index in [4.69, 9.17) is 0 Å². The molecule has 1 aromatic carbocycles. The number of alkyl halides is 2. The van der Waals surface area contributed by atoms with Gasteiger partial charge in [-0.25, -0.2) is 13.8 Å². The van der Waals surface area contributed by atoms with Gasteiger partial charge < -0.3 is 15.1 Å². The van der Waals surface area contributed by atoms with Gasteiger partial charge in [0.05, 0.1) is 29.3 Å². The van der Waals surface area contributed by atoms with Crippen molar-refractivity contribution in [2.45, 2.75) is 31.6 Å². The lowest BCUT2D eigenvalue weighted by Crippen LogP contribution is -2.57. The van der Waals surface area contributed by atoms with Crippen LogP contribution in [0.4, 0.5) is 31.9 Å². The molecular formula is C22H22F2N8O3. The average molecular weight is 484 g/mol. The predicted molar refractivity (Wildman–Crippen MR) is 122 cm³/mol. The first-order valence-electron chi connectivity index (χ1n) is 11.4. The van der Waals surface area contributed by atoms with Crippen LogP contribution in [0.1, 0.15) is 36.0 Å². The van der Waals surface area contributed by atoms with E-state index in [-0.39, 0.29) is 23.0 Å². The van der Waals surface area contributed by atoms with Gasteiger partial charge in [-0.15, -0.1) is 0 Å². The van der Waals surface area contributed by atoms with Gasteiger partial charge >= 0.3 is 0 Å². The average Bonchev–Trinajstić information content (AvgIpc) is 3.39. The van der Waals surface area contributed by atoms with Crippen LogP contribution in [0, 0.1) is 15.5 Å². The van der Waals surface area contributed by atoms with E-state index in [1.165, 1.54) is 52.8 Å². The largest absolute Gasteiger partial charge is 0.371 e. The van der Waals surface area contributed by atoms with E-state index in [1.807, 2.05) is 4.90 Å². The van der Waals surface area contributed by atoms with Crippen molar-refractivity contribution in [1.82, 2.24) is 19.6 Å². The normalized spacial score (nSPS) is 20.1. The zero-order valence-electron chi connectivity index (χ0n) is 18.7. The molecule has 35 heavy (non-hydrogen) atoms. The number of amides is 1. The fourth-order valence-corrected chi connectivity index (χ4v) is 4.90. The molecule has 1 N–H and O–H groups in total. The van der Waals surface area contributed by atoms with Crippen molar-refractivity contribution in [3.05, 3.63) is 46.3 Å². The predicted octanol–water partition coefficient (Wildman–Crippen LogP) is 3.12. The molecule has 6 rings (SSSR count). The number of benzene rings is 1. The monoisotopic (exact) mass is 484 g/mol. The van der Waals surface area contributed by atoms with Crippen molar-refractivity contribution < 1.29 is 18.5 Å². The number of non-ortho nitro benzene ring substituents is 1.